The molecule has 16 heteroatoms. The maximum Gasteiger partial charge on any atom is 0.310 e. The maximum absolute atomic E-state index is 13.1. The molecule has 0 amide bonds. The average Bonchev–Trinajstić information content (AvgIpc) is 3.21. The van der Waals surface area contributed by atoms with Gasteiger partial charge in [-0.25, -0.2) is 0 Å². The highest BCUT2D eigenvalue weighted by Crippen LogP contribution is 2.76. The molecule has 63 heavy (non-hydrogen) atoms. The van der Waals surface area contributed by atoms with E-state index in [1.165, 1.54) is 12.5 Å². The number of allylic oxidation sites excluding steroid dienone is 2. The summed E-state index contributed by atoms with van der Waals surface area (Å²) in [7, 11) is 0. The van der Waals surface area contributed by atoms with Crippen LogP contribution in [0.5, 0.6) is 0 Å². The van der Waals surface area contributed by atoms with Crippen LogP contribution >= 0.6 is 0 Å². The highest BCUT2D eigenvalue weighted by atomic mass is 16.8. The van der Waals surface area contributed by atoms with Gasteiger partial charge in [0.1, 0.15) is 61.0 Å². The molecule has 360 valence electrons. The summed E-state index contributed by atoms with van der Waals surface area (Å²) in [5.74, 6) is -0.0241. The minimum Gasteiger partial charge on any atom is -0.481 e. The monoisotopic (exact) mass is 897 g/mol. The Bertz CT molecular complexity index is 1720. The van der Waals surface area contributed by atoms with E-state index in [0.29, 0.717) is 18.8 Å². The van der Waals surface area contributed by atoms with E-state index >= 15 is 0 Å². The van der Waals surface area contributed by atoms with Crippen LogP contribution in [-0.4, -0.2) is 157 Å². The number of fused-ring (bicyclic) bond motifs is 7. The molecule has 8 rings (SSSR count). The lowest BCUT2D eigenvalue weighted by molar-refractivity contribution is -0.392. The summed E-state index contributed by atoms with van der Waals surface area (Å²) in [6.07, 6.45) is -10.7. The van der Waals surface area contributed by atoms with Crippen LogP contribution in [0.1, 0.15) is 120 Å². The number of carboxylic acids is 1. The number of aliphatic hydroxyl groups excluding tert-OH is 8. The van der Waals surface area contributed by atoms with Crippen molar-refractivity contribution >= 4 is 5.97 Å². The van der Waals surface area contributed by atoms with Crippen molar-refractivity contribution in [2.24, 2.45) is 50.2 Å². The van der Waals surface area contributed by atoms with Gasteiger partial charge in [-0.05, 0) is 116 Å². The van der Waals surface area contributed by atoms with E-state index in [-0.39, 0.29) is 46.2 Å². The molecule has 0 aromatic heterocycles. The SMILES string of the molecule is C[C@H]1O[C@@H](O[C@@H]2[C@@H](O[C@@H]3[C@H](O[C@@H]4CC[C@@]5(C)[C@H](CC[C@]6(C)[C@@H]5CC=C5[C@@H]7CC(C)(C)CC[C@]7(C(=O)O)CC[C@@]56C)C4(C)C)OC[C@H](O)[C@@H]3O)O[C@@H](CO)[C@H](O)[C@H]2O)[C@H](O)[C@H](O)[C@H]1O. The molecule has 4 saturated carbocycles. The number of aliphatic hydroxyl groups is 8. The predicted molar refractivity (Wildman–Crippen MR) is 223 cm³/mol. The maximum atomic E-state index is 13.1. The minimum absolute atomic E-state index is 0.0300. The van der Waals surface area contributed by atoms with Crippen molar-refractivity contribution in [1.29, 1.82) is 0 Å². The first-order chi connectivity index (χ1) is 29.4. The molecule has 0 radical (unpaired) electrons. The molecule has 0 spiro atoms. The number of hydrogen-bond acceptors (Lipinski definition) is 15. The molecule has 9 N–H and O–H groups in total. The molecule has 0 aromatic rings. The Hall–Kier alpha value is -1.35. The predicted octanol–water partition coefficient (Wildman–Crippen LogP) is 2.37. The van der Waals surface area contributed by atoms with Crippen molar-refractivity contribution in [1.82, 2.24) is 0 Å². The topological polar surface area (TPSA) is 255 Å². The fraction of sp³-hybridized carbons (Fsp3) is 0.936. The lowest BCUT2D eigenvalue weighted by Gasteiger charge is -2.71. The van der Waals surface area contributed by atoms with Crippen molar-refractivity contribution in [2.75, 3.05) is 13.2 Å². The molecule has 16 nitrogen and oxygen atoms in total. The second-order valence-electron chi connectivity index (χ2n) is 23.0. The first kappa shape index (κ1) is 48.1. The number of ether oxygens (including phenoxy) is 6. The molecule has 0 bridgehead atoms. The van der Waals surface area contributed by atoms with Crippen LogP contribution in [-0.2, 0) is 33.2 Å². The normalized spacial score (nSPS) is 54.1. The summed E-state index contributed by atoms with van der Waals surface area (Å²) in [4.78, 5) is 13.1. The van der Waals surface area contributed by atoms with Gasteiger partial charge in [-0.2, -0.15) is 0 Å². The Kier molecular flexibility index (Phi) is 12.8. The molecule has 0 aromatic carbocycles. The van der Waals surface area contributed by atoms with E-state index < -0.39 is 109 Å². The molecule has 0 unspecified atom stereocenters. The quantitative estimate of drug-likeness (QED) is 0.125. The fourth-order valence-corrected chi connectivity index (χ4v) is 14.8. The summed E-state index contributed by atoms with van der Waals surface area (Å²) in [5, 5.41) is 96.7. The van der Waals surface area contributed by atoms with Gasteiger partial charge in [-0.15, -0.1) is 0 Å². The van der Waals surface area contributed by atoms with E-state index in [0.717, 1.165) is 51.4 Å². The third-order valence-corrected chi connectivity index (χ3v) is 18.9. The Labute approximate surface area is 371 Å². The summed E-state index contributed by atoms with van der Waals surface area (Å²) in [6.45, 7) is 16.9. The fourth-order valence-electron chi connectivity index (χ4n) is 14.8. The smallest absolute Gasteiger partial charge is 0.310 e. The zero-order valence-corrected chi connectivity index (χ0v) is 38.3. The molecule has 5 aliphatic carbocycles. The Morgan fingerprint density at radius 3 is 2.06 bits per heavy atom. The van der Waals surface area contributed by atoms with Crippen LogP contribution < -0.4 is 0 Å². The molecule has 3 heterocycles. The van der Waals surface area contributed by atoms with E-state index in [2.05, 4.69) is 54.5 Å². The molecule has 7 fully saturated rings. The highest BCUT2D eigenvalue weighted by Gasteiger charge is 2.70. The Morgan fingerprint density at radius 2 is 1.38 bits per heavy atom. The van der Waals surface area contributed by atoms with Crippen molar-refractivity contribution in [3.8, 4) is 0 Å². The third kappa shape index (κ3) is 7.51. The second kappa shape index (κ2) is 16.7. The number of rotatable bonds is 8. The van der Waals surface area contributed by atoms with Gasteiger partial charge >= 0.3 is 5.97 Å². The zero-order valence-electron chi connectivity index (χ0n) is 38.3. The zero-order chi connectivity index (χ0) is 46.0. The number of carboxylic acid groups (broad SMARTS) is 1. The van der Waals surface area contributed by atoms with Crippen LogP contribution in [0, 0.1) is 50.2 Å². The van der Waals surface area contributed by atoms with Crippen LogP contribution in [0.15, 0.2) is 11.6 Å². The first-order valence-electron chi connectivity index (χ1n) is 23.6. The number of aliphatic carboxylic acids is 1. The Morgan fingerprint density at radius 1 is 0.714 bits per heavy atom. The van der Waals surface area contributed by atoms with Gasteiger partial charge < -0.3 is 74.4 Å². The molecular weight excluding hydrogens is 821 g/mol. The molecule has 8 aliphatic rings. The Balaban J connectivity index is 1.03. The highest BCUT2D eigenvalue weighted by molar-refractivity contribution is 5.76. The standard InChI is InChI=1S/C47H76O16/c1-22-30(50)33(53)35(55)38(59-22)62-37-34(54)32(52)26(20-48)60-40(37)63-36-31(51)25(49)21-58-39(36)61-29-12-13-44(6)27(43(29,4)5)11-14-46(8)28(44)10-9-23-24-19-42(2,3)15-17-47(24,41(56)57)18-16-45(23,46)7/h9,22,24-40,48-55H,10-21H2,1-8H3,(H,56,57)/t22-,24+,25+,26+,27-,28-,29-,30+,31+,32+,33-,34-,35-,36+,37+,38+,39+,40-,44+,45+,46-,47+/m1/s1. The van der Waals surface area contributed by atoms with Crippen LogP contribution in [0.25, 0.3) is 0 Å². The van der Waals surface area contributed by atoms with Gasteiger partial charge in [-0.1, -0.05) is 60.1 Å². The van der Waals surface area contributed by atoms with Gasteiger partial charge in [-0.3, -0.25) is 4.79 Å². The lowest BCUT2D eigenvalue weighted by Crippen LogP contribution is -2.67. The van der Waals surface area contributed by atoms with Gasteiger partial charge in [0.15, 0.2) is 18.9 Å². The first-order valence-corrected chi connectivity index (χ1v) is 23.6. The van der Waals surface area contributed by atoms with Crippen molar-refractivity contribution in [3.63, 3.8) is 0 Å². The lowest BCUT2D eigenvalue weighted by atomic mass is 9.33. The molecular formula is C47H76O16. The van der Waals surface area contributed by atoms with Gasteiger partial charge in [0, 0.05) is 0 Å². The summed E-state index contributed by atoms with van der Waals surface area (Å²) < 4.78 is 36.7. The molecule has 3 saturated heterocycles. The van der Waals surface area contributed by atoms with Gasteiger partial charge in [0.2, 0.25) is 0 Å². The third-order valence-electron chi connectivity index (χ3n) is 18.9. The van der Waals surface area contributed by atoms with E-state index in [1.807, 2.05) is 0 Å². The van der Waals surface area contributed by atoms with Crippen molar-refractivity contribution < 1.29 is 79.2 Å². The number of carbonyl (C=O) groups is 1. The average molecular weight is 897 g/mol. The number of hydrogen-bond donors (Lipinski definition) is 9. The van der Waals surface area contributed by atoms with Crippen LogP contribution in [0.3, 0.4) is 0 Å². The van der Waals surface area contributed by atoms with Crippen molar-refractivity contribution in [2.45, 2.75) is 212 Å². The second-order valence-corrected chi connectivity index (χ2v) is 23.0. The van der Waals surface area contributed by atoms with E-state index in [1.54, 1.807) is 0 Å². The van der Waals surface area contributed by atoms with Gasteiger partial charge in [0.05, 0.1) is 30.8 Å². The van der Waals surface area contributed by atoms with E-state index in [4.69, 9.17) is 28.4 Å². The molecule has 22 atom stereocenters. The van der Waals surface area contributed by atoms with Crippen molar-refractivity contribution in [3.05, 3.63) is 11.6 Å². The van der Waals surface area contributed by atoms with Crippen LogP contribution in [0.4, 0.5) is 0 Å². The van der Waals surface area contributed by atoms with Gasteiger partial charge in [0.25, 0.3) is 0 Å². The van der Waals surface area contributed by atoms with Crippen LogP contribution in [0.2, 0.25) is 0 Å². The summed E-state index contributed by atoms with van der Waals surface area (Å²) in [6, 6.07) is 0. The summed E-state index contributed by atoms with van der Waals surface area (Å²) >= 11 is 0. The van der Waals surface area contributed by atoms with E-state index in [9.17, 15) is 50.8 Å². The summed E-state index contributed by atoms with van der Waals surface area (Å²) in [5.41, 5.74) is 0.124. The minimum atomic E-state index is -1.79. The molecule has 3 aliphatic heterocycles. The largest absolute Gasteiger partial charge is 0.481 e.